The van der Waals surface area contributed by atoms with Crippen molar-refractivity contribution < 1.29 is 0 Å². The molecule has 0 amide bonds. The number of fused-ring (bicyclic) bond motifs is 2. The van der Waals surface area contributed by atoms with Crippen LogP contribution in [0.25, 0.3) is 0 Å². The van der Waals surface area contributed by atoms with Crippen molar-refractivity contribution in [2.24, 2.45) is 0 Å². The largest absolute Gasteiger partial charge is 0.315 e. The van der Waals surface area contributed by atoms with Crippen molar-refractivity contribution in [1.29, 1.82) is 5.26 Å². The third-order valence-corrected chi connectivity index (χ3v) is 3.51. The van der Waals surface area contributed by atoms with Gasteiger partial charge in [0, 0.05) is 25.0 Å². The van der Waals surface area contributed by atoms with Crippen LogP contribution in [0.5, 0.6) is 0 Å². The number of nitrogens with one attached hydrogen (secondary N) is 1. The van der Waals surface area contributed by atoms with Gasteiger partial charge in [-0.3, -0.25) is 4.90 Å². The first-order valence-electron chi connectivity index (χ1n) is 5.75. The molecule has 2 heterocycles. The molecular formula is C11H19N3. The molecular weight excluding hydrogens is 174 g/mol. The van der Waals surface area contributed by atoms with Crippen molar-refractivity contribution >= 4 is 0 Å². The average Bonchev–Trinajstić information content (AvgIpc) is 2.41. The molecule has 3 nitrogen and oxygen atoms in total. The lowest BCUT2D eigenvalue weighted by Crippen LogP contribution is -2.38. The lowest BCUT2D eigenvalue weighted by Gasteiger charge is -2.26. The molecule has 0 aromatic rings. The summed E-state index contributed by atoms with van der Waals surface area (Å²) < 4.78 is 0. The summed E-state index contributed by atoms with van der Waals surface area (Å²) in [7, 11) is 0. The lowest BCUT2D eigenvalue weighted by molar-refractivity contribution is 0.201. The topological polar surface area (TPSA) is 39.1 Å². The summed E-state index contributed by atoms with van der Waals surface area (Å²) in [6, 6.07) is 3.78. The second kappa shape index (κ2) is 4.77. The van der Waals surface area contributed by atoms with E-state index >= 15 is 0 Å². The Morgan fingerprint density at radius 2 is 2.14 bits per heavy atom. The van der Waals surface area contributed by atoms with E-state index in [0.717, 1.165) is 31.6 Å². The average molecular weight is 193 g/mol. The molecule has 0 radical (unpaired) electrons. The van der Waals surface area contributed by atoms with E-state index < -0.39 is 0 Å². The first kappa shape index (κ1) is 9.95. The Hall–Kier alpha value is -0.590. The predicted molar refractivity (Wildman–Crippen MR) is 55.8 cm³/mol. The van der Waals surface area contributed by atoms with Crippen LogP contribution in [0.4, 0.5) is 0 Å². The Bertz CT molecular complexity index is 207. The van der Waals surface area contributed by atoms with E-state index in [1.54, 1.807) is 0 Å². The SMILES string of the molecule is N#CCCCN1[C@H]2CCNC[C@@H]1CC2. The third-order valence-electron chi connectivity index (χ3n) is 3.51. The number of unbranched alkanes of at least 4 members (excludes halogenated alkanes) is 1. The highest BCUT2D eigenvalue weighted by atomic mass is 15.2. The van der Waals surface area contributed by atoms with Crippen LogP contribution in [0, 0.1) is 11.3 Å². The van der Waals surface area contributed by atoms with Gasteiger partial charge in [-0.15, -0.1) is 0 Å². The molecule has 0 aliphatic carbocycles. The van der Waals surface area contributed by atoms with Gasteiger partial charge in [-0.2, -0.15) is 5.26 Å². The molecule has 14 heavy (non-hydrogen) atoms. The maximum atomic E-state index is 8.52. The van der Waals surface area contributed by atoms with Gasteiger partial charge in [-0.25, -0.2) is 0 Å². The summed E-state index contributed by atoms with van der Waals surface area (Å²) in [6.07, 6.45) is 5.78. The molecule has 2 rings (SSSR count). The molecule has 2 aliphatic heterocycles. The fourth-order valence-electron chi connectivity index (χ4n) is 2.79. The summed E-state index contributed by atoms with van der Waals surface area (Å²) >= 11 is 0. The van der Waals surface area contributed by atoms with Crippen LogP contribution in [0.2, 0.25) is 0 Å². The highest BCUT2D eigenvalue weighted by molar-refractivity contribution is 4.91. The molecule has 0 spiro atoms. The Balaban J connectivity index is 1.86. The Morgan fingerprint density at radius 3 is 3.00 bits per heavy atom. The van der Waals surface area contributed by atoms with Crippen LogP contribution < -0.4 is 5.32 Å². The summed E-state index contributed by atoms with van der Waals surface area (Å²) in [6.45, 7) is 3.46. The van der Waals surface area contributed by atoms with Gasteiger partial charge in [-0.1, -0.05) is 0 Å². The first-order valence-corrected chi connectivity index (χ1v) is 5.75. The van der Waals surface area contributed by atoms with Gasteiger partial charge < -0.3 is 5.32 Å². The standard InChI is InChI=1S/C11H19N3/c12-6-1-2-8-14-10-3-4-11(14)9-13-7-5-10/h10-11,13H,1-5,7-9H2/t10-,11+/m1/s1. The molecule has 2 aliphatic rings. The Kier molecular flexibility index (Phi) is 3.39. The molecule has 3 heteroatoms. The van der Waals surface area contributed by atoms with Crippen LogP contribution in [-0.2, 0) is 0 Å². The van der Waals surface area contributed by atoms with Crippen molar-refractivity contribution in [3.8, 4) is 6.07 Å². The van der Waals surface area contributed by atoms with Crippen LogP contribution in [0.3, 0.4) is 0 Å². The minimum atomic E-state index is 0.712. The van der Waals surface area contributed by atoms with E-state index in [0.29, 0.717) is 6.42 Å². The van der Waals surface area contributed by atoms with Crippen molar-refractivity contribution in [2.45, 2.75) is 44.2 Å². The predicted octanol–water partition coefficient (Wildman–Crippen LogP) is 1.12. The second-order valence-corrected chi connectivity index (χ2v) is 4.38. The minimum absolute atomic E-state index is 0.712. The Labute approximate surface area is 86.1 Å². The highest BCUT2D eigenvalue weighted by Crippen LogP contribution is 2.27. The first-order chi connectivity index (χ1) is 6.92. The van der Waals surface area contributed by atoms with Gasteiger partial charge in [0.2, 0.25) is 0 Å². The Morgan fingerprint density at radius 1 is 1.29 bits per heavy atom. The maximum Gasteiger partial charge on any atom is 0.0622 e. The summed E-state index contributed by atoms with van der Waals surface area (Å²) in [5.41, 5.74) is 0. The fraction of sp³-hybridized carbons (Fsp3) is 0.909. The fourth-order valence-corrected chi connectivity index (χ4v) is 2.79. The molecule has 0 aromatic carbocycles. The number of nitriles is 1. The molecule has 0 unspecified atom stereocenters. The van der Waals surface area contributed by atoms with Crippen LogP contribution in [0.1, 0.15) is 32.1 Å². The van der Waals surface area contributed by atoms with Gasteiger partial charge in [0.25, 0.3) is 0 Å². The summed E-state index contributed by atoms with van der Waals surface area (Å²) in [5.74, 6) is 0. The lowest BCUT2D eigenvalue weighted by atomic mass is 10.1. The summed E-state index contributed by atoms with van der Waals surface area (Å²) in [5, 5.41) is 12.0. The van der Waals surface area contributed by atoms with Gasteiger partial charge in [-0.05, 0) is 38.8 Å². The van der Waals surface area contributed by atoms with E-state index in [9.17, 15) is 0 Å². The number of hydrogen-bond donors (Lipinski definition) is 1. The van der Waals surface area contributed by atoms with Crippen LogP contribution in [0.15, 0.2) is 0 Å². The molecule has 2 fully saturated rings. The molecule has 2 bridgehead atoms. The second-order valence-electron chi connectivity index (χ2n) is 4.38. The molecule has 2 saturated heterocycles. The van der Waals surface area contributed by atoms with E-state index in [-0.39, 0.29) is 0 Å². The number of rotatable bonds is 3. The zero-order valence-corrected chi connectivity index (χ0v) is 8.71. The van der Waals surface area contributed by atoms with E-state index in [4.69, 9.17) is 5.26 Å². The van der Waals surface area contributed by atoms with E-state index in [1.807, 2.05) is 0 Å². The van der Waals surface area contributed by atoms with Gasteiger partial charge in [0.15, 0.2) is 0 Å². The van der Waals surface area contributed by atoms with Crippen molar-refractivity contribution in [3.05, 3.63) is 0 Å². The van der Waals surface area contributed by atoms with Crippen molar-refractivity contribution in [3.63, 3.8) is 0 Å². The van der Waals surface area contributed by atoms with E-state index in [2.05, 4.69) is 16.3 Å². The van der Waals surface area contributed by atoms with Gasteiger partial charge >= 0.3 is 0 Å². The van der Waals surface area contributed by atoms with Crippen LogP contribution >= 0.6 is 0 Å². The third kappa shape index (κ3) is 2.08. The van der Waals surface area contributed by atoms with Gasteiger partial charge in [0.1, 0.15) is 0 Å². The van der Waals surface area contributed by atoms with E-state index in [1.165, 1.54) is 25.8 Å². The smallest absolute Gasteiger partial charge is 0.0622 e. The monoisotopic (exact) mass is 193 g/mol. The zero-order chi connectivity index (χ0) is 9.80. The molecule has 78 valence electrons. The number of hydrogen-bond acceptors (Lipinski definition) is 3. The van der Waals surface area contributed by atoms with Gasteiger partial charge in [0.05, 0.1) is 6.07 Å². The quantitative estimate of drug-likeness (QED) is 0.683. The van der Waals surface area contributed by atoms with Crippen molar-refractivity contribution in [1.82, 2.24) is 10.2 Å². The minimum Gasteiger partial charge on any atom is -0.315 e. The molecule has 0 aromatic heterocycles. The zero-order valence-electron chi connectivity index (χ0n) is 8.71. The molecule has 0 saturated carbocycles. The molecule has 2 atom stereocenters. The highest BCUT2D eigenvalue weighted by Gasteiger charge is 2.33. The number of nitrogens with zero attached hydrogens (tertiary/aromatic N) is 2. The molecule has 1 N–H and O–H groups in total. The maximum absolute atomic E-state index is 8.52. The summed E-state index contributed by atoms with van der Waals surface area (Å²) in [4.78, 5) is 2.64. The normalized spacial score (nSPS) is 32.5. The van der Waals surface area contributed by atoms with Crippen LogP contribution in [-0.4, -0.2) is 36.6 Å². The van der Waals surface area contributed by atoms with Crippen molar-refractivity contribution in [2.75, 3.05) is 19.6 Å².